The number of rotatable bonds is 3. The fourth-order valence-corrected chi connectivity index (χ4v) is 4.86. The smallest absolute Gasteiger partial charge is 0.0483 e. The Kier molecular flexibility index (Phi) is 4.61. The van der Waals surface area contributed by atoms with Gasteiger partial charge in [-0.25, -0.2) is 0 Å². The van der Waals surface area contributed by atoms with Gasteiger partial charge >= 0.3 is 0 Å². The van der Waals surface area contributed by atoms with E-state index in [1.165, 1.54) is 29.9 Å². The summed E-state index contributed by atoms with van der Waals surface area (Å²) in [5.41, 5.74) is 5.80. The van der Waals surface area contributed by atoms with Gasteiger partial charge in [-0.15, -0.1) is 0 Å². The lowest BCUT2D eigenvalue weighted by molar-refractivity contribution is 0.188. The molecule has 2 heterocycles. The molecule has 0 bridgehead atoms. The van der Waals surface area contributed by atoms with Crippen LogP contribution in [0.5, 0.6) is 0 Å². The van der Waals surface area contributed by atoms with Crippen molar-refractivity contribution in [2.45, 2.75) is 37.3 Å². The Balaban J connectivity index is 1.86. The molecule has 1 aromatic heterocycles. The van der Waals surface area contributed by atoms with E-state index in [2.05, 4.69) is 34.5 Å². The molecule has 20 heavy (non-hydrogen) atoms. The van der Waals surface area contributed by atoms with Crippen molar-refractivity contribution in [3.63, 3.8) is 0 Å². The first-order valence-corrected chi connectivity index (χ1v) is 8.64. The van der Waals surface area contributed by atoms with E-state index >= 15 is 0 Å². The van der Waals surface area contributed by atoms with E-state index in [0.29, 0.717) is 18.0 Å². The SMILES string of the molecule is CN1CCSCC1C(NN)C1CCCc2cccnc21. The molecule has 0 saturated carbocycles. The van der Waals surface area contributed by atoms with Crippen LogP contribution >= 0.6 is 11.8 Å². The Morgan fingerprint density at radius 3 is 3.25 bits per heavy atom. The summed E-state index contributed by atoms with van der Waals surface area (Å²) < 4.78 is 0. The summed E-state index contributed by atoms with van der Waals surface area (Å²) >= 11 is 2.04. The number of nitrogens with one attached hydrogen (secondary N) is 1. The minimum Gasteiger partial charge on any atom is -0.300 e. The topological polar surface area (TPSA) is 54.2 Å². The Bertz CT molecular complexity index is 453. The highest BCUT2D eigenvalue weighted by molar-refractivity contribution is 7.99. The number of fused-ring (bicyclic) bond motifs is 1. The predicted octanol–water partition coefficient (Wildman–Crippen LogP) is 1.38. The second-order valence-electron chi connectivity index (χ2n) is 5.86. The molecule has 3 atom stereocenters. The molecule has 1 aromatic rings. The molecule has 1 saturated heterocycles. The highest BCUT2D eigenvalue weighted by atomic mass is 32.2. The van der Waals surface area contributed by atoms with Crippen molar-refractivity contribution in [2.24, 2.45) is 5.84 Å². The summed E-state index contributed by atoms with van der Waals surface area (Å²) in [6, 6.07) is 5.06. The number of aryl methyl sites for hydroxylation is 1. The first-order chi connectivity index (χ1) is 9.81. The molecular weight excluding hydrogens is 268 g/mol. The van der Waals surface area contributed by atoms with Gasteiger partial charge < -0.3 is 4.90 Å². The number of hydrogen-bond donors (Lipinski definition) is 2. The molecule has 5 heteroatoms. The Labute approximate surface area is 125 Å². The molecule has 110 valence electrons. The standard InChI is InChI=1S/C15H24N4S/c1-19-8-9-20-10-13(19)15(18-16)12-6-2-4-11-5-3-7-17-14(11)12/h3,5,7,12-13,15,18H,2,4,6,8-10,16H2,1H3. The van der Waals surface area contributed by atoms with E-state index in [1.807, 2.05) is 18.0 Å². The van der Waals surface area contributed by atoms with Crippen LogP contribution in [0.4, 0.5) is 0 Å². The summed E-state index contributed by atoms with van der Waals surface area (Å²) in [7, 11) is 2.22. The molecule has 1 aliphatic heterocycles. The fraction of sp³-hybridized carbons (Fsp3) is 0.667. The second-order valence-corrected chi connectivity index (χ2v) is 7.01. The van der Waals surface area contributed by atoms with Crippen LogP contribution in [0, 0.1) is 0 Å². The third kappa shape index (κ3) is 2.72. The van der Waals surface area contributed by atoms with Crippen molar-refractivity contribution in [1.29, 1.82) is 0 Å². The maximum atomic E-state index is 5.94. The van der Waals surface area contributed by atoms with Crippen LogP contribution in [-0.2, 0) is 6.42 Å². The summed E-state index contributed by atoms with van der Waals surface area (Å²) in [5, 5.41) is 0. The lowest BCUT2D eigenvalue weighted by atomic mass is 9.79. The molecule has 0 radical (unpaired) electrons. The molecule has 3 unspecified atom stereocenters. The Morgan fingerprint density at radius 2 is 2.45 bits per heavy atom. The third-order valence-electron chi connectivity index (χ3n) is 4.72. The zero-order chi connectivity index (χ0) is 13.9. The number of thioether (sulfide) groups is 1. The van der Waals surface area contributed by atoms with Gasteiger partial charge in [0.2, 0.25) is 0 Å². The Morgan fingerprint density at radius 1 is 1.55 bits per heavy atom. The number of hydrogen-bond acceptors (Lipinski definition) is 5. The van der Waals surface area contributed by atoms with Gasteiger partial charge in [-0.2, -0.15) is 11.8 Å². The summed E-state index contributed by atoms with van der Waals surface area (Å²) in [6.07, 6.45) is 5.51. The molecule has 1 fully saturated rings. The summed E-state index contributed by atoms with van der Waals surface area (Å²) in [4.78, 5) is 7.13. The first-order valence-electron chi connectivity index (χ1n) is 7.49. The van der Waals surface area contributed by atoms with E-state index < -0.39 is 0 Å². The normalized spacial score (nSPS) is 28.9. The van der Waals surface area contributed by atoms with E-state index in [1.54, 1.807) is 0 Å². The van der Waals surface area contributed by atoms with Gasteiger partial charge in [0, 0.05) is 47.9 Å². The number of hydrazine groups is 1. The van der Waals surface area contributed by atoms with Crippen LogP contribution in [-0.4, -0.2) is 47.1 Å². The fourth-order valence-electron chi connectivity index (χ4n) is 3.57. The maximum Gasteiger partial charge on any atom is 0.0483 e. The minimum atomic E-state index is 0.293. The lowest BCUT2D eigenvalue weighted by Gasteiger charge is -2.42. The van der Waals surface area contributed by atoms with Gasteiger partial charge in [-0.05, 0) is 37.9 Å². The van der Waals surface area contributed by atoms with Gasteiger partial charge in [0.1, 0.15) is 0 Å². The third-order valence-corrected chi connectivity index (χ3v) is 5.77. The molecular formula is C15H24N4S. The van der Waals surface area contributed by atoms with Crippen molar-refractivity contribution in [1.82, 2.24) is 15.3 Å². The van der Waals surface area contributed by atoms with E-state index in [0.717, 1.165) is 18.7 Å². The summed E-state index contributed by atoms with van der Waals surface area (Å²) in [6.45, 7) is 1.15. The van der Waals surface area contributed by atoms with Crippen LogP contribution in [0.2, 0.25) is 0 Å². The second kappa shape index (κ2) is 6.43. The minimum absolute atomic E-state index is 0.293. The van der Waals surface area contributed by atoms with Crippen molar-refractivity contribution in [3.05, 3.63) is 29.6 Å². The number of pyridine rings is 1. The molecule has 0 spiro atoms. The van der Waals surface area contributed by atoms with E-state index in [9.17, 15) is 0 Å². The van der Waals surface area contributed by atoms with Gasteiger partial charge in [0.15, 0.2) is 0 Å². The molecule has 4 nitrogen and oxygen atoms in total. The average Bonchev–Trinajstić information content (AvgIpc) is 2.50. The number of nitrogens with zero attached hydrogens (tertiary/aromatic N) is 2. The molecule has 3 N–H and O–H groups in total. The highest BCUT2D eigenvalue weighted by Gasteiger charge is 2.36. The first kappa shape index (κ1) is 14.3. The quantitative estimate of drug-likeness (QED) is 0.651. The van der Waals surface area contributed by atoms with E-state index in [4.69, 9.17) is 5.84 Å². The lowest BCUT2D eigenvalue weighted by Crippen LogP contribution is -2.57. The monoisotopic (exact) mass is 292 g/mol. The highest BCUT2D eigenvalue weighted by Crippen LogP contribution is 2.35. The van der Waals surface area contributed by atoms with Crippen LogP contribution < -0.4 is 11.3 Å². The molecule has 0 aromatic carbocycles. The largest absolute Gasteiger partial charge is 0.300 e. The zero-order valence-corrected chi connectivity index (χ0v) is 12.9. The van der Waals surface area contributed by atoms with Crippen LogP contribution in [0.3, 0.4) is 0 Å². The van der Waals surface area contributed by atoms with Crippen LogP contribution in [0.1, 0.15) is 30.0 Å². The summed E-state index contributed by atoms with van der Waals surface area (Å²) in [5.74, 6) is 8.76. The van der Waals surface area contributed by atoms with Crippen molar-refractivity contribution in [3.8, 4) is 0 Å². The van der Waals surface area contributed by atoms with Gasteiger partial charge in [0.25, 0.3) is 0 Å². The molecule has 3 rings (SSSR count). The Hall–Kier alpha value is -0.620. The van der Waals surface area contributed by atoms with Gasteiger partial charge in [0.05, 0.1) is 0 Å². The average molecular weight is 292 g/mol. The van der Waals surface area contributed by atoms with Crippen molar-refractivity contribution in [2.75, 3.05) is 25.1 Å². The van der Waals surface area contributed by atoms with Gasteiger partial charge in [-0.1, -0.05) is 6.07 Å². The van der Waals surface area contributed by atoms with E-state index in [-0.39, 0.29) is 0 Å². The number of aromatic nitrogens is 1. The molecule has 2 aliphatic rings. The molecule has 1 aliphatic carbocycles. The van der Waals surface area contributed by atoms with Crippen molar-refractivity contribution >= 4 is 11.8 Å². The van der Waals surface area contributed by atoms with Gasteiger partial charge in [-0.3, -0.25) is 16.3 Å². The number of likely N-dealkylation sites (N-methyl/N-ethyl adjacent to an activating group) is 1. The van der Waals surface area contributed by atoms with Crippen LogP contribution in [0.15, 0.2) is 18.3 Å². The van der Waals surface area contributed by atoms with Crippen molar-refractivity contribution < 1.29 is 0 Å². The van der Waals surface area contributed by atoms with Crippen LogP contribution in [0.25, 0.3) is 0 Å². The molecule has 0 amide bonds. The maximum absolute atomic E-state index is 5.94. The zero-order valence-electron chi connectivity index (χ0n) is 12.1. The number of nitrogens with two attached hydrogens (primary N) is 1. The predicted molar refractivity (Wildman–Crippen MR) is 84.8 cm³/mol.